The molecule has 7 heteroatoms. The number of para-hydroxylation sites is 1. The molecular formula is C22H22N2O5. The first-order valence-corrected chi connectivity index (χ1v) is 9.24. The minimum absolute atomic E-state index is 0.115. The van der Waals surface area contributed by atoms with Crippen LogP contribution in [0.3, 0.4) is 0 Å². The van der Waals surface area contributed by atoms with Crippen LogP contribution in [0.5, 0.6) is 5.75 Å². The first-order valence-electron chi connectivity index (χ1n) is 9.24. The Morgan fingerprint density at radius 3 is 2.59 bits per heavy atom. The fourth-order valence-corrected chi connectivity index (χ4v) is 2.69. The van der Waals surface area contributed by atoms with Crippen LogP contribution in [0.1, 0.15) is 35.7 Å². The van der Waals surface area contributed by atoms with Crippen molar-refractivity contribution in [3.8, 4) is 5.75 Å². The van der Waals surface area contributed by atoms with Gasteiger partial charge in [-0.25, -0.2) is 4.79 Å². The lowest BCUT2D eigenvalue weighted by Gasteiger charge is -2.08. The van der Waals surface area contributed by atoms with Gasteiger partial charge in [0.15, 0.2) is 11.3 Å². The van der Waals surface area contributed by atoms with Gasteiger partial charge in [-0.2, -0.15) is 0 Å². The van der Waals surface area contributed by atoms with Gasteiger partial charge in [-0.05, 0) is 42.8 Å². The maximum absolute atomic E-state index is 12.9. The van der Waals surface area contributed by atoms with E-state index in [4.69, 9.17) is 14.0 Å². The molecule has 0 saturated heterocycles. The first-order chi connectivity index (χ1) is 14.0. The van der Waals surface area contributed by atoms with Gasteiger partial charge in [-0.15, -0.1) is 0 Å². The number of benzene rings is 2. The van der Waals surface area contributed by atoms with Gasteiger partial charge < -0.3 is 19.3 Å². The van der Waals surface area contributed by atoms with Crippen molar-refractivity contribution in [3.63, 3.8) is 0 Å². The molecule has 3 rings (SSSR count). The van der Waals surface area contributed by atoms with Crippen LogP contribution >= 0.6 is 0 Å². The predicted octanol–water partition coefficient (Wildman–Crippen LogP) is 4.16. The highest BCUT2D eigenvalue weighted by Crippen LogP contribution is 2.24. The molecule has 0 bridgehead atoms. The van der Waals surface area contributed by atoms with Crippen LogP contribution in [-0.2, 0) is 9.63 Å². The standard InChI is InChI=1S/C22H22N2O5/c1-4-6-19(25)29-24-22-17(21(26)23-16-11-9-14(2)10-12-16)13-15-7-5-8-18(27-3)20(15)28-22/h5,7-13H,4,6H2,1-3H3,(H,23,26)/b24-22+. The van der Waals surface area contributed by atoms with Crippen LogP contribution in [0.4, 0.5) is 5.69 Å². The molecule has 150 valence electrons. The molecule has 0 fully saturated rings. The Morgan fingerprint density at radius 2 is 1.90 bits per heavy atom. The maximum atomic E-state index is 12.9. The number of amides is 1. The van der Waals surface area contributed by atoms with Gasteiger partial charge in [-0.3, -0.25) is 4.79 Å². The lowest BCUT2D eigenvalue weighted by atomic mass is 10.1. The number of nitrogens with one attached hydrogen (secondary N) is 1. The number of methoxy groups -OCH3 is 1. The first kappa shape index (κ1) is 20.1. The Bertz CT molecular complexity index is 1100. The highest BCUT2D eigenvalue weighted by Gasteiger charge is 2.16. The van der Waals surface area contributed by atoms with Crippen LogP contribution in [-0.4, -0.2) is 19.0 Å². The summed E-state index contributed by atoms with van der Waals surface area (Å²) in [5.41, 5.74) is 2.12. The smallest absolute Gasteiger partial charge is 0.335 e. The van der Waals surface area contributed by atoms with Crippen molar-refractivity contribution in [3.05, 3.63) is 65.2 Å². The van der Waals surface area contributed by atoms with Gasteiger partial charge in [0.2, 0.25) is 0 Å². The van der Waals surface area contributed by atoms with Crippen LogP contribution in [0, 0.1) is 6.92 Å². The second-order valence-corrected chi connectivity index (χ2v) is 6.47. The Hall–Kier alpha value is -3.61. The monoisotopic (exact) mass is 394 g/mol. The topological polar surface area (TPSA) is 90.1 Å². The molecule has 0 aliphatic heterocycles. The predicted molar refractivity (Wildman–Crippen MR) is 108 cm³/mol. The molecule has 0 aliphatic rings. The van der Waals surface area contributed by atoms with E-state index in [0.29, 0.717) is 28.8 Å². The maximum Gasteiger partial charge on any atom is 0.335 e. The molecule has 1 heterocycles. The number of ether oxygens (including phenoxy) is 1. The highest BCUT2D eigenvalue weighted by atomic mass is 16.7. The van der Waals surface area contributed by atoms with Gasteiger partial charge >= 0.3 is 5.97 Å². The summed E-state index contributed by atoms with van der Waals surface area (Å²) in [5.74, 6) is -0.468. The second-order valence-electron chi connectivity index (χ2n) is 6.47. The summed E-state index contributed by atoms with van der Waals surface area (Å²) in [6.07, 6.45) is 0.836. The van der Waals surface area contributed by atoms with E-state index in [0.717, 1.165) is 5.56 Å². The summed E-state index contributed by atoms with van der Waals surface area (Å²) in [7, 11) is 1.51. The largest absolute Gasteiger partial charge is 0.493 e. The van der Waals surface area contributed by atoms with Crippen LogP contribution in [0.15, 0.2) is 58.1 Å². The fraction of sp³-hybridized carbons (Fsp3) is 0.227. The third-order valence-corrected chi connectivity index (χ3v) is 4.20. The number of carbonyl (C=O) groups is 2. The van der Waals surface area contributed by atoms with Crippen LogP contribution < -0.4 is 15.6 Å². The number of hydrogen-bond donors (Lipinski definition) is 1. The van der Waals surface area contributed by atoms with E-state index >= 15 is 0 Å². The van der Waals surface area contributed by atoms with Crippen molar-refractivity contribution < 1.29 is 23.6 Å². The zero-order chi connectivity index (χ0) is 20.8. The number of hydrogen-bond acceptors (Lipinski definition) is 6. The molecule has 1 aromatic heterocycles. The number of rotatable bonds is 6. The number of carbonyl (C=O) groups excluding carboxylic acids is 2. The molecule has 29 heavy (non-hydrogen) atoms. The summed E-state index contributed by atoms with van der Waals surface area (Å²) >= 11 is 0. The van der Waals surface area contributed by atoms with Gasteiger partial charge in [0.25, 0.3) is 11.5 Å². The Morgan fingerprint density at radius 1 is 1.14 bits per heavy atom. The van der Waals surface area contributed by atoms with E-state index in [1.165, 1.54) is 7.11 Å². The van der Waals surface area contributed by atoms with Crippen molar-refractivity contribution in [1.82, 2.24) is 0 Å². The molecule has 0 spiro atoms. The molecule has 0 saturated carbocycles. The summed E-state index contributed by atoms with van der Waals surface area (Å²) < 4.78 is 11.1. The third kappa shape index (κ3) is 4.82. The Balaban J connectivity index is 2.06. The quantitative estimate of drug-likeness (QED) is 0.501. The van der Waals surface area contributed by atoms with Gasteiger partial charge in [0.05, 0.1) is 7.11 Å². The van der Waals surface area contributed by atoms with Crippen LogP contribution in [0.2, 0.25) is 0 Å². The number of anilines is 1. The minimum Gasteiger partial charge on any atom is -0.493 e. The van der Waals surface area contributed by atoms with Gasteiger partial charge in [0, 0.05) is 17.5 Å². The molecule has 1 amide bonds. The van der Waals surface area contributed by atoms with Crippen molar-refractivity contribution >= 4 is 28.5 Å². The normalized spacial score (nSPS) is 11.3. The molecular weight excluding hydrogens is 372 g/mol. The van der Waals surface area contributed by atoms with Gasteiger partial charge in [0.1, 0.15) is 5.56 Å². The van der Waals surface area contributed by atoms with E-state index in [2.05, 4.69) is 10.5 Å². The molecule has 2 aromatic carbocycles. The molecule has 0 aliphatic carbocycles. The molecule has 0 radical (unpaired) electrons. The minimum atomic E-state index is -0.507. The lowest BCUT2D eigenvalue weighted by Crippen LogP contribution is -2.22. The van der Waals surface area contributed by atoms with E-state index < -0.39 is 11.9 Å². The van der Waals surface area contributed by atoms with Crippen molar-refractivity contribution in [2.45, 2.75) is 26.7 Å². The third-order valence-electron chi connectivity index (χ3n) is 4.20. The summed E-state index contributed by atoms with van der Waals surface area (Å²) in [6, 6.07) is 14.3. The summed E-state index contributed by atoms with van der Waals surface area (Å²) in [4.78, 5) is 29.5. The average molecular weight is 394 g/mol. The molecule has 3 aromatic rings. The zero-order valence-corrected chi connectivity index (χ0v) is 16.5. The highest BCUT2D eigenvalue weighted by molar-refractivity contribution is 6.05. The van der Waals surface area contributed by atoms with Crippen molar-refractivity contribution in [1.29, 1.82) is 0 Å². The second kappa shape index (κ2) is 9.05. The average Bonchev–Trinajstić information content (AvgIpc) is 2.73. The Labute approximate surface area is 167 Å². The van der Waals surface area contributed by atoms with Crippen LogP contribution in [0.25, 0.3) is 11.0 Å². The van der Waals surface area contributed by atoms with E-state index in [9.17, 15) is 9.59 Å². The summed E-state index contributed by atoms with van der Waals surface area (Å²) in [5, 5.41) is 7.25. The SMILES string of the molecule is CCCC(=O)O/N=c1/oc2c(OC)cccc2cc1C(=O)Nc1ccc(C)cc1. The molecule has 1 N–H and O–H groups in total. The van der Waals surface area contributed by atoms with E-state index in [1.807, 2.05) is 26.0 Å². The Kier molecular flexibility index (Phi) is 6.29. The molecule has 7 nitrogen and oxygen atoms in total. The molecule has 0 unspecified atom stereocenters. The zero-order valence-electron chi connectivity index (χ0n) is 16.5. The number of nitrogens with zero attached hydrogens (tertiary/aromatic N) is 1. The van der Waals surface area contributed by atoms with E-state index in [-0.39, 0.29) is 17.5 Å². The number of fused-ring (bicyclic) bond motifs is 1. The van der Waals surface area contributed by atoms with Gasteiger partial charge in [-0.1, -0.05) is 36.8 Å². The lowest BCUT2D eigenvalue weighted by molar-refractivity contribution is -0.144. The van der Waals surface area contributed by atoms with Crippen molar-refractivity contribution in [2.24, 2.45) is 5.16 Å². The fourth-order valence-electron chi connectivity index (χ4n) is 2.69. The molecule has 0 atom stereocenters. The summed E-state index contributed by atoms with van der Waals surface area (Å²) in [6.45, 7) is 3.82. The van der Waals surface area contributed by atoms with E-state index in [1.54, 1.807) is 36.4 Å². The van der Waals surface area contributed by atoms with Crippen molar-refractivity contribution in [2.75, 3.05) is 12.4 Å². The number of aryl methyl sites for hydroxylation is 1.